The number of aliphatic carboxylic acids is 1. The molecule has 2 aromatic rings. The van der Waals surface area contributed by atoms with E-state index in [4.69, 9.17) is 10.6 Å². The zero-order chi connectivity index (χ0) is 27.9. The molecule has 0 saturated carbocycles. The van der Waals surface area contributed by atoms with Crippen molar-refractivity contribution in [3.8, 4) is 11.5 Å². The number of carbonyl (C=O) groups excluding carboxylic acids is 3. The van der Waals surface area contributed by atoms with Gasteiger partial charge in [0.1, 0.15) is 30.7 Å². The first kappa shape index (κ1) is 26.8. The normalized spacial score (nSPS) is 24.2. The minimum Gasteiger partial charge on any atom is -0.543 e. The molecule has 0 aliphatic carbocycles. The van der Waals surface area contributed by atoms with Gasteiger partial charge in [0.15, 0.2) is 23.2 Å². The predicted molar refractivity (Wildman–Crippen MR) is 140 cm³/mol. The summed E-state index contributed by atoms with van der Waals surface area (Å²) in [7, 11) is 1.98. The standard InChI is InChI=1S/C24H26N6O7S2/c1-30(3-2-12-4-16(31)17(32)5-13(12)7-30)8-14-10-38-22-19(21(34)29(22)20(14)23(35)36)28-18(33)6-26-37-9-15-11-39-24(25)27-15/h4-6,11,19,22H,2-3,7-10H2,1H3,(H5-,25,26,27,28,31,32,33,35,36)/t19?,22-,30?/m1/s1. The Morgan fingerprint density at radius 1 is 1.36 bits per heavy atom. The van der Waals surface area contributed by atoms with Crippen LogP contribution in [0.5, 0.6) is 11.5 Å². The molecule has 0 bridgehead atoms. The fraction of sp³-hybridized carbons (Fsp3) is 0.375. The number of phenols is 2. The van der Waals surface area contributed by atoms with Crippen LogP contribution in [-0.4, -0.2) is 85.9 Å². The quantitative estimate of drug-likeness (QED) is 0.103. The molecule has 15 heteroatoms. The van der Waals surface area contributed by atoms with E-state index in [2.05, 4.69) is 15.5 Å². The molecule has 0 radical (unpaired) electrons. The second-order valence-electron chi connectivity index (χ2n) is 9.84. The Hall–Kier alpha value is -3.82. The number of amides is 2. The number of hydrogen-bond donors (Lipinski definition) is 4. The first-order valence-electron chi connectivity index (χ1n) is 12.0. The molecule has 3 atom stereocenters. The second-order valence-corrected chi connectivity index (χ2v) is 11.8. The van der Waals surface area contributed by atoms with E-state index in [0.29, 0.717) is 52.7 Å². The lowest BCUT2D eigenvalue weighted by molar-refractivity contribution is -0.920. The van der Waals surface area contributed by atoms with E-state index < -0.39 is 29.2 Å². The van der Waals surface area contributed by atoms with E-state index in [-0.39, 0.29) is 23.8 Å². The number of carbonyl (C=O) groups is 3. The number of carboxylic acid groups (broad SMARTS) is 1. The third kappa shape index (κ3) is 5.37. The third-order valence-electron chi connectivity index (χ3n) is 6.91. The molecule has 2 amide bonds. The lowest BCUT2D eigenvalue weighted by Crippen LogP contribution is -2.71. The molecule has 1 saturated heterocycles. The van der Waals surface area contributed by atoms with Crippen LogP contribution >= 0.6 is 23.1 Å². The number of benzene rings is 1. The van der Waals surface area contributed by atoms with Gasteiger partial charge >= 0.3 is 0 Å². The zero-order valence-corrected chi connectivity index (χ0v) is 22.5. The molecule has 3 aliphatic heterocycles. The molecule has 3 aliphatic rings. The number of carboxylic acids is 1. The number of hydrogen-bond acceptors (Lipinski definition) is 12. The summed E-state index contributed by atoms with van der Waals surface area (Å²) in [6, 6.07) is 2.18. The number of thiazole rings is 1. The van der Waals surface area contributed by atoms with E-state index in [9.17, 15) is 29.7 Å². The number of aromatic nitrogens is 1. The number of likely N-dealkylation sites (N-methyl/N-ethyl adjacent to an activating group) is 1. The fourth-order valence-electron chi connectivity index (χ4n) is 5.08. The Kier molecular flexibility index (Phi) is 7.13. The largest absolute Gasteiger partial charge is 0.543 e. The number of quaternary nitrogens is 1. The zero-order valence-electron chi connectivity index (χ0n) is 20.8. The molecule has 206 valence electrons. The minimum absolute atomic E-state index is 0.0291. The molecule has 2 unspecified atom stereocenters. The maximum atomic E-state index is 12.9. The number of oxime groups is 1. The first-order valence-corrected chi connectivity index (χ1v) is 13.9. The number of fused-ring (bicyclic) bond motifs is 2. The number of nitrogen functional groups attached to an aromatic ring is 1. The number of β-lactam (4-membered cyclic amide) rings is 1. The number of nitrogens with two attached hydrogens (primary N) is 1. The highest BCUT2D eigenvalue weighted by molar-refractivity contribution is 8.00. The van der Waals surface area contributed by atoms with E-state index >= 15 is 0 Å². The lowest BCUT2D eigenvalue weighted by atomic mass is 9.96. The van der Waals surface area contributed by atoms with Crippen LogP contribution in [0.2, 0.25) is 0 Å². The van der Waals surface area contributed by atoms with Crippen LogP contribution in [0.25, 0.3) is 0 Å². The van der Waals surface area contributed by atoms with Crippen LogP contribution in [0, 0.1) is 0 Å². The molecule has 1 aromatic heterocycles. The Balaban J connectivity index is 1.23. The number of anilines is 1. The molecule has 5 rings (SSSR count). The SMILES string of the molecule is C[N+]1(CC2=C(C(=O)[O-])N3C(=O)C(NC(=O)/C=N\OCc4csc(N)n4)[C@H]3SC2)CCc2cc(O)c(O)cc2C1. The van der Waals surface area contributed by atoms with Crippen molar-refractivity contribution in [2.24, 2.45) is 5.16 Å². The van der Waals surface area contributed by atoms with Crippen molar-refractivity contribution in [2.45, 2.75) is 31.0 Å². The summed E-state index contributed by atoms with van der Waals surface area (Å²) in [5, 5.41) is 39.5. The van der Waals surface area contributed by atoms with Crippen molar-refractivity contribution in [1.29, 1.82) is 0 Å². The second kappa shape index (κ2) is 10.4. The molecular weight excluding hydrogens is 548 g/mol. The number of thioether (sulfide) groups is 1. The summed E-state index contributed by atoms with van der Waals surface area (Å²) < 4.78 is 0.459. The van der Waals surface area contributed by atoms with Gasteiger partial charge in [0.25, 0.3) is 11.8 Å². The Bertz CT molecular complexity index is 1410. The van der Waals surface area contributed by atoms with E-state index in [1.54, 1.807) is 11.4 Å². The van der Waals surface area contributed by atoms with Crippen LogP contribution in [0.1, 0.15) is 16.8 Å². The number of phenolic OH excluding ortho intramolecular Hbond substituents is 2. The molecule has 5 N–H and O–H groups in total. The maximum absolute atomic E-state index is 12.9. The Labute approximate surface area is 231 Å². The van der Waals surface area contributed by atoms with Crippen molar-refractivity contribution in [2.75, 3.05) is 31.6 Å². The van der Waals surface area contributed by atoms with Gasteiger partial charge in [-0.2, -0.15) is 0 Å². The van der Waals surface area contributed by atoms with Gasteiger partial charge in [0.05, 0.1) is 31.0 Å². The fourth-order valence-corrected chi connectivity index (χ4v) is 6.96. The van der Waals surface area contributed by atoms with Gasteiger partial charge in [-0.3, -0.25) is 14.5 Å². The van der Waals surface area contributed by atoms with E-state index in [0.717, 1.165) is 17.3 Å². The van der Waals surface area contributed by atoms with Crippen LogP contribution in [0.4, 0.5) is 5.13 Å². The summed E-state index contributed by atoms with van der Waals surface area (Å²) >= 11 is 2.62. The topological polar surface area (TPSA) is 190 Å². The number of nitrogens with one attached hydrogen (secondary N) is 1. The monoisotopic (exact) mass is 574 g/mol. The van der Waals surface area contributed by atoms with Crippen LogP contribution < -0.4 is 16.2 Å². The van der Waals surface area contributed by atoms with Crippen LogP contribution in [0.15, 0.2) is 33.9 Å². The smallest absolute Gasteiger partial charge is 0.266 e. The summed E-state index contributed by atoms with van der Waals surface area (Å²) in [4.78, 5) is 47.6. The predicted octanol–water partition coefficient (Wildman–Crippen LogP) is -0.754. The number of nitrogens with zero attached hydrogens (tertiary/aromatic N) is 4. The van der Waals surface area contributed by atoms with Crippen molar-refractivity contribution in [3.63, 3.8) is 0 Å². The average Bonchev–Trinajstić information content (AvgIpc) is 3.30. The maximum Gasteiger partial charge on any atom is 0.266 e. The van der Waals surface area contributed by atoms with Crippen LogP contribution in [-0.2, 0) is 38.8 Å². The van der Waals surface area contributed by atoms with Gasteiger partial charge in [-0.25, -0.2) is 4.98 Å². The molecule has 4 heterocycles. The highest BCUT2D eigenvalue weighted by Crippen LogP contribution is 2.41. The van der Waals surface area contributed by atoms with Crippen LogP contribution in [0.3, 0.4) is 0 Å². The summed E-state index contributed by atoms with van der Waals surface area (Å²) in [5.74, 6) is -2.67. The van der Waals surface area contributed by atoms with Gasteiger partial charge in [-0.05, 0) is 17.7 Å². The van der Waals surface area contributed by atoms with Gasteiger partial charge in [-0.15, -0.1) is 23.1 Å². The molecular formula is C24H26N6O7S2. The molecule has 13 nitrogen and oxygen atoms in total. The first-order chi connectivity index (χ1) is 18.5. The highest BCUT2D eigenvalue weighted by atomic mass is 32.2. The van der Waals surface area contributed by atoms with Gasteiger partial charge in [-0.1, -0.05) is 5.16 Å². The molecule has 0 spiro atoms. The van der Waals surface area contributed by atoms with Crippen molar-refractivity contribution >= 4 is 52.2 Å². The summed E-state index contributed by atoms with van der Waals surface area (Å²) in [6.07, 6.45) is 1.54. The van der Waals surface area contributed by atoms with Gasteiger partial charge in [0, 0.05) is 28.7 Å². The summed E-state index contributed by atoms with van der Waals surface area (Å²) in [6.45, 7) is 1.59. The van der Waals surface area contributed by atoms with Crippen molar-refractivity contribution < 1.29 is 39.0 Å². The Morgan fingerprint density at radius 3 is 2.79 bits per heavy atom. The highest BCUT2D eigenvalue weighted by Gasteiger charge is 2.53. The molecule has 1 fully saturated rings. The van der Waals surface area contributed by atoms with Crippen molar-refractivity contribution in [3.05, 3.63) is 45.6 Å². The minimum atomic E-state index is -1.45. The molecule has 39 heavy (non-hydrogen) atoms. The average molecular weight is 575 g/mol. The summed E-state index contributed by atoms with van der Waals surface area (Å²) in [5.41, 5.74) is 8.33. The third-order valence-corrected chi connectivity index (χ3v) is 8.97. The molecule has 1 aromatic carbocycles. The van der Waals surface area contributed by atoms with Crippen molar-refractivity contribution in [1.82, 2.24) is 15.2 Å². The number of rotatable bonds is 8. The van der Waals surface area contributed by atoms with Gasteiger partial charge in [0.2, 0.25) is 0 Å². The van der Waals surface area contributed by atoms with Gasteiger partial charge < -0.3 is 40.5 Å². The lowest BCUT2D eigenvalue weighted by Gasteiger charge is -2.51. The Morgan fingerprint density at radius 2 is 2.10 bits per heavy atom. The van der Waals surface area contributed by atoms with E-state index in [1.165, 1.54) is 34.1 Å². The number of aromatic hydroxyl groups is 2. The van der Waals surface area contributed by atoms with E-state index in [1.807, 2.05) is 7.05 Å².